The SMILES string of the molecule is Cc1ccc(-n2c(SCC(=O)c3ccc(Br)cc3)nc3sc4c(c3c2=O)CC(C)(C)OC4)cc1. The summed E-state index contributed by atoms with van der Waals surface area (Å²) in [5.41, 5.74) is 3.10. The lowest BCUT2D eigenvalue weighted by Gasteiger charge is -2.29. The second-order valence-electron chi connectivity index (χ2n) is 9.00. The fourth-order valence-corrected chi connectivity index (χ4v) is 6.36. The van der Waals surface area contributed by atoms with Crippen LogP contribution in [-0.2, 0) is 17.8 Å². The van der Waals surface area contributed by atoms with Gasteiger partial charge >= 0.3 is 0 Å². The molecule has 0 bridgehead atoms. The van der Waals surface area contributed by atoms with Crippen LogP contribution in [-0.4, -0.2) is 26.7 Å². The van der Waals surface area contributed by atoms with E-state index in [9.17, 15) is 9.59 Å². The number of aromatic nitrogens is 2. The molecular weight excluding hydrogens is 532 g/mol. The van der Waals surface area contributed by atoms with Gasteiger partial charge in [-0.25, -0.2) is 4.98 Å². The number of hydrogen-bond donors (Lipinski definition) is 0. The van der Waals surface area contributed by atoms with Crippen molar-refractivity contribution in [3.05, 3.63) is 84.9 Å². The van der Waals surface area contributed by atoms with Crippen molar-refractivity contribution in [1.29, 1.82) is 0 Å². The molecule has 2 aromatic carbocycles. The first-order valence-corrected chi connectivity index (χ1v) is 13.5. The number of benzene rings is 2. The summed E-state index contributed by atoms with van der Waals surface area (Å²) >= 11 is 6.21. The molecule has 0 fully saturated rings. The van der Waals surface area contributed by atoms with E-state index >= 15 is 0 Å². The highest BCUT2D eigenvalue weighted by Crippen LogP contribution is 2.38. The quantitative estimate of drug-likeness (QED) is 0.163. The van der Waals surface area contributed by atoms with Crippen LogP contribution in [0.15, 0.2) is 63.0 Å². The van der Waals surface area contributed by atoms with E-state index in [1.165, 1.54) is 23.1 Å². The fourth-order valence-electron chi connectivity index (χ4n) is 4.04. The first kappa shape index (κ1) is 23.5. The number of aryl methyl sites for hydroxylation is 1. The minimum Gasteiger partial charge on any atom is -0.370 e. The maximum absolute atomic E-state index is 13.9. The number of carbonyl (C=O) groups is 1. The Morgan fingerprint density at radius 1 is 1.18 bits per heavy atom. The summed E-state index contributed by atoms with van der Waals surface area (Å²) in [5.74, 6) is 0.176. The normalized spacial score (nSPS) is 14.8. The van der Waals surface area contributed by atoms with Crippen molar-refractivity contribution in [2.45, 2.75) is 44.6 Å². The van der Waals surface area contributed by atoms with Gasteiger partial charge in [0.05, 0.1) is 29.0 Å². The molecule has 2 aromatic heterocycles. The summed E-state index contributed by atoms with van der Waals surface area (Å²) in [7, 11) is 0. The predicted octanol–water partition coefficient (Wildman–Crippen LogP) is 6.34. The molecule has 3 heterocycles. The zero-order valence-electron chi connectivity index (χ0n) is 19.1. The largest absolute Gasteiger partial charge is 0.370 e. The highest BCUT2D eigenvalue weighted by atomic mass is 79.9. The van der Waals surface area contributed by atoms with E-state index in [1.807, 2.05) is 57.2 Å². The van der Waals surface area contributed by atoms with E-state index in [2.05, 4.69) is 15.9 Å². The average Bonchev–Trinajstić information content (AvgIpc) is 3.15. The first-order valence-electron chi connectivity index (χ1n) is 10.9. The molecular formula is C26H23BrN2O3S2. The van der Waals surface area contributed by atoms with Gasteiger partial charge in [-0.2, -0.15) is 0 Å². The summed E-state index contributed by atoms with van der Waals surface area (Å²) in [6.07, 6.45) is 0.668. The van der Waals surface area contributed by atoms with Gasteiger partial charge < -0.3 is 4.74 Å². The number of carbonyl (C=O) groups excluding carboxylic acids is 1. The van der Waals surface area contributed by atoms with Crippen LogP contribution in [0.25, 0.3) is 15.9 Å². The maximum Gasteiger partial charge on any atom is 0.267 e. The van der Waals surface area contributed by atoms with Crippen molar-refractivity contribution in [1.82, 2.24) is 9.55 Å². The summed E-state index contributed by atoms with van der Waals surface area (Å²) in [6, 6.07) is 15.1. The van der Waals surface area contributed by atoms with Crippen LogP contribution < -0.4 is 5.56 Å². The fraction of sp³-hybridized carbons (Fsp3) is 0.269. The molecule has 0 N–H and O–H groups in total. The van der Waals surface area contributed by atoms with Gasteiger partial charge in [0.15, 0.2) is 10.9 Å². The Bertz CT molecular complexity index is 1450. The third-order valence-electron chi connectivity index (χ3n) is 5.86. The van der Waals surface area contributed by atoms with E-state index in [0.717, 1.165) is 26.2 Å². The Morgan fingerprint density at radius 2 is 1.88 bits per heavy atom. The molecule has 0 aliphatic carbocycles. The van der Waals surface area contributed by atoms with Crippen LogP contribution in [0.5, 0.6) is 0 Å². The lowest BCUT2D eigenvalue weighted by molar-refractivity contribution is -0.0379. The van der Waals surface area contributed by atoms with E-state index in [0.29, 0.717) is 34.0 Å². The van der Waals surface area contributed by atoms with Crippen LogP contribution in [0.3, 0.4) is 0 Å². The summed E-state index contributed by atoms with van der Waals surface area (Å²) in [4.78, 5) is 33.4. The smallest absolute Gasteiger partial charge is 0.267 e. The third kappa shape index (κ3) is 4.52. The van der Waals surface area contributed by atoms with Gasteiger partial charge in [-0.15, -0.1) is 11.3 Å². The van der Waals surface area contributed by atoms with Gasteiger partial charge in [0.1, 0.15) is 4.83 Å². The highest BCUT2D eigenvalue weighted by Gasteiger charge is 2.31. The van der Waals surface area contributed by atoms with Crippen molar-refractivity contribution >= 4 is 55.0 Å². The molecule has 0 saturated heterocycles. The molecule has 5 nitrogen and oxygen atoms in total. The van der Waals surface area contributed by atoms with Gasteiger partial charge in [0.2, 0.25) is 0 Å². The van der Waals surface area contributed by atoms with Crippen molar-refractivity contribution in [3.63, 3.8) is 0 Å². The van der Waals surface area contributed by atoms with Gasteiger partial charge in [-0.05, 0) is 50.6 Å². The minimum absolute atomic E-state index is 0.0112. The number of thiophene rings is 1. The van der Waals surface area contributed by atoms with Crippen LogP contribution in [0.1, 0.15) is 40.2 Å². The number of halogens is 1. The first-order chi connectivity index (χ1) is 16.2. The van der Waals surface area contributed by atoms with Crippen LogP contribution >= 0.6 is 39.0 Å². The van der Waals surface area contributed by atoms with Crippen molar-refractivity contribution in [3.8, 4) is 5.69 Å². The molecule has 174 valence electrons. The zero-order chi connectivity index (χ0) is 24.0. The molecule has 34 heavy (non-hydrogen) atoms. The van der Waals surface area contributed by atoms with Gasteiger partial charge in [-0.1, -0.05) is 57.5 Å². The molecule has 8 heteroatoms. The summed E-state index contributed by atoms with van der Waals surface area (Å²) in [6.45, 7) is 6.59. The number of ketones is 1. The monoisotopic (exact) mass is 554 g/mol. The summed E-state index contributed by atoms with van der Waals surface area (Å²) in [5, 5.41) is 1.19. The van der Waals surface area contributed by atoms with Gasteiger partial charge in [0, 0.05) is 21.3 Å². The van der Waals surface area contributed by atoms with Gasteiger partial charge in [-0.3, -0.25) is 14.2 Å². The number of ether oxygens (including phenoxy) is 1. The second kappa shape index (κ2) is 9.07. The van der Waals surface area contributed by atoms with E-state index in [1.54, 1.807) is 16.7 Å². The molecule has 1 aliphatic rings. The molecule has 0 amide bonds. The number of rotatable bonds is 5. The minimum atomic E-state index is -0.327. The van der Waals surface area contributed by atoms with Crippen LogP contribution in [0, 0.1) is 6.92 Å². The molecule has 0 radical (unpaired) electrons. The van der Waals surface area contributed by atoms with E-state index < -0.39 is 0 Å². The second-order valence-corrected chi connectivity index (χ2v) is 11.9. The number of fused-ring (bicyclic) bond motifs is 3. The average molecular weight is 556 g/mol. The van der Waals surface area contributed by atoms with E-state index in [-0.39, 0.29) is 22.7 Å². The molecule has 0 saturated carbocycles. The van der Waals surface area contributed by atoms with Crippen molar-refractivity contribution in [2.75, 3.05) is 5.75 Å². The van der Waals surface area contributed by atoms with Gasteiger partial charge in [0.25, 0.3) is 5.56 Å². The number of Topliss-reactive ketones (excluding diaryl/α,β-unsaturated/α-hetero) is 1. The topological polar surface area (TPSA) is 61.2 Å². The molecule has 1 aliphatic heterocycles. The highest BCUT2D eigenvalue weighted by molar-refractivity contribution is 9.10. The summed E-state index contributed by atoms with van der Waals surface area (Å²) < 4.78 is 8.55. The van der Waals surface area contributed by atoms with Crippen molar-refractivity contribution in [2.24, 2.45) is 0 Å². The molecule has 0 unspecified atom stereocenters. The maximum atomic E-state index is 13.9. The van der Waals surface area contributed by atoms with Crippen LogP contribution in [0.4, 0.5) is 0 Å². The zero-order valence-corrected chi connectivity index (χ0v) is 22.3. The number of thioether (sulfide) groups is 1. The Morgan fingerprint density at radius 3 is 2.59 bits per heavy atom. The number of hydrogen-bond acceptors (Lipinski definition) is 6. The molecule has 5 rings (SSSR count). The third-order valence-corrected chi connectivity index (χ3v) is 8.43. The predicted molar refractivity (Wildman–Crippen MR) is 142 cm³/mol. The molecule has 0 atom stereocenters. The Hall–Kier alpha value is -2.26. The Kier molecular flexibility index (Phi) is 6.27. The van der Waals surface area contributed by atoms with Crippen LogP contribution in [0.2, 0.25) is 0 Å². The van der Waals surface area contributed by atoms with E-state index in [4.69, 9.17) is 9.72 Å². The number of nitrogens with zero attached hydrogens (tertiary/aromatic N) is 2. The lowest BCUT2D eigenvalue weighted by atomic mass is 9.94. The molecule has 4 aromatic rings. The Labute approximate surface area is 214 Å². The van der Waals surface area contributed by atoms with Crippen molar-refractivity contribution < 1.29 is 9.53 Å². The lowest BCUT2D eigenvalue weighted by Crippen LogP contribution is -2.32. The molecule has 0 spiro atoms. The standard InChI is InChI=1S/C26H23BrN2O3S2/c1-15-4-10-18(11-5-15)29-24(31)22-19-12-26(2,3)32-13-21(19)34-23(22)28-25(29)33-14-20(30)16-6-8-17(27)9-7-16/h4-11H,12-14H2,1-3H3. The Balaban J connectivity index is 1.60.